The van der Waals surface area contributed by atoms with Gasteiger partial charge in [0, 0.05) is 0 Å². The Morgan fingerprint density at radius 3 is 1.87 bits per heavy atom. The number of carbonyl (C=O) groups is 2. The third kappa shape index (κ3) is 3.26. The van der Waals surface area contributed by atoms with Crippen LogP contribution in [0.1, 0.15) is 35.4 Å². The Morgan fingerprint density at radius 1 is 0.871 bits per heavy atom. The van der Waals surface area contributed by atoms with Gasteiger partial charge in [0.2, 0.25) is 0 Å². The van der Waals surface area contributed by atoms with Crippen LogP contribution in [0.3, 0.4) is 0 Å². The number of hydrogen-bond acceptors (Lipinski definition) is 4. The number of hydrogen-bond donors (Lipinski definition) is 0. The molecule has 5 atom stereocenters. The molecule has 2 aliphatic heterocycles. The molecular weight excluding hydrogens is 409 g/mol. The van der Waals surface area contributed by atoms with Crippen molar-refractivity contribution < 1.29 is 32.2 Å². The van der Waals surface area contributed by atoms with E-state index in [4.69, 9.17) is 4.74 Å². The Kier molecular flexibility index (Phi) is 4.52. The van der Waals surface area contributed by atoms with Gasteiger partial charge in [-0.2, -0.15) is 0 Å². The summed E-state index contributed by atoms with van der Waals surface area (Å²) in [5.74, 6) is -1.75. The molecule has 2 bridgehead atoms. The Morgan fingerprint density at radius 2 is 1.39 bits per heavy atom. The third-order valence-electron chi connectivity index (χ3n) is 6.80. The smallest absolute Gasteiger partial charge is 0.406 e. The lowest BCUT2D eigenvalue weighted by Crippen LogP contribution is -2.29. The number of alkyl halides is 3. The molecule has 0 amide bonds. The Labute approximate surface area is 177 Å². The van der Waals surface area contributed by atoms with Crippen LogP contribution in [0.5, 0.6) is 5.75 Å². The van der Waals surface area contributed by atoms with Gasteiger partial charge in [-0.15, -0.1) is 13.2 Å². The second kappa shape index (κ2) is 6.92. The van der Waals surface area contributed by atoms with Crippen LogP contribution in [0.25, 0.3) is 11.1 Å². The molecule has 1 aliphatic carbocycles. The Bertz CT molecular complexity index is 1020. The highest BCUT2D eigenvalue weighted by Crippen LogP contribution is 2.53. The average molecular weight is 430 g/mol. The van der Waals surface area contributed by atoms with Gasteiger partial charge in [0.25, 0.3) is 0 Å². The van der Waals surface area contributed by atoms with Crippen LogP contribution in [0, 0.1) is 25.7 Å². The van der Waals surface area contributed by atoms with Crippen molar-refractivity contribution in [2.24, 2.45) is 11.8 Å². The molecule has 1 saturated carbocycles. The maximum Gasteiger partial charge on any atom is 0.573 e. The number of ketones is 2. The molecule has 0 aromatic heterocycles. The van der Waals surface area contributed by atoms with Crippen LogP contribution in [0.4, 0.5) is 13.2 Å². The highest BCUT2D eigenvalue weighted by molar-refractivity contribution is 6.17. The summed E-state index contributed by atoms with van der Waals surface area (Å²) in [7, 11) is 0. The van der Waals surface area contributed by atoms with E-state index in [1.54, 1.807) is 12.1 Å². The summed E-state index contributed by atoms with van der Waals surface area (Å²) in [6, 6.07) is 9.40. The van der Waals surface area contributed by atoms with Gasteiger partial charge in [-0.05, 0) is 66.6 Å². The van der Waals surface area contributed by atoms with Crippen molar-refractivity contribution in [3.8, 4) is 16.9 Å². The van der Waals surface area contributed by atoms with Crippen molar-refractivity contribution in [1.29, 1.82) is 0 Å². The fourth-order valence-corrected chi connectivity index (χ4v) is 5.66. The maximum atomic E-state index is 13.2. The molecule has 3 fully saturated rings. The molecule has 7 heteroatoms. The summed E-state index contributed by atoms with van der Waals surface area (Å²) >= 11 is 0. The van der Waals surface area contributed by atoms with E-state index in [0.29, 0.717) is 0 Å². The van der Waals surface area contributed by atoms with Gasteiger partial charge in [-0.25, -0.2) is 0 Å². The molecule has 5 rings (SSSR count). The number of Topliss-reactive ketones (excluding diaryl/α,β-unsaturated/α-hetero) is 2. The standard InChI is InChI=1S/C24H21F3O4/c1-11-9-14(13-3-5-15(6-4-13)31-24(25,26)27)10-12(2)18(11)21-22(28)19-16-7-8-17(30-16)20(19)23(21)29/h3-6,9-10,16-17,19-21H,7-8H2,1-2H3/t16-,17+,19-,20+,21?. The first-order chi connectivity index (χ1) is 14.6. The number of carbonyl (C=O) groups excluding carboxylic acids is 2. The lowest BCUT2D eigenvalue weighted by Gasteiger charge is -2.19. The first-order valence-electron chi connectivity index (χ1n) is 10.3. The second-order valence-electron chi connectivity index (χ2n) is 8.68. The monoisotopic (exact) mass is 430 g/mol. The first-order valence-corrected chi connectivity index (χ1v) is 10.3. The molecule has 31 heavy (non-hydrogen) atoms. The largest absolute Gasteiger partial charge is 0.573 e. The van der Waals surface area contributed by atoms with Crippen molar-refractivity contribution in [3.05, 3.63) is 53.1 Å². The summed E-state index contributed by atoms with van der Waals surface area (Å²) in [4.78, 5) is 26.4. The van der Waals surface area contributed by atoms with E-state index in [1.807, 2.05) is 26.0 Å². The lowest BCUT2D eigenvalue weighted by atomic mass is 9.81. The first kappa shape index (κ1) is 20.2. The third-order valence-corrected chi connectivity index (χ3v) is 6.80. The number of aryl methyl sites for hydroxylation is 2. The van der Waals surface area contributed by atoms with E-state index in [-0.39, 0.29) is 41.4 Å². The van der Waals surface area contributed by atoms with Crippen LogP contribution in [0.15, 0.2) is 36.4 Å². The van der Waals surface area contributed by atoms with Crippen molar-refractivity contribution in [2.45, 2.75) is 51.2 Å². The highest BCUT2D eigenvalue weighted by Gasteiger charge is 2.63. The van der Waals surface area contributed by atoms with Gasteiger partial charge >= 0.3 is 6.36 Å². The SMILES string of the molecule is Cc1cc(-c2ccc(OC(F)(F)F)cc2)cc(C)c1C1C(=O)[C@@H]2[C@H](C1=O)[C@H]1CC[C@@H]2O1. The zero-order valence-corrected chi connectivity index (χ0v) is 17.0. The maximum absolute atomic E-state index is 13.2. The minimum Gasteiger partial charge on any atom is -0.406 e. The van der Waals surface area contributed by atoms with Crippen molar-refractivity contribution >= 4 is 11.6 Å². The van der Waals surface area contributed by atoms with Gasteiger partial charge in [-0.1, -0.05) is 24.3 Å². The lowest BCUT2D eigenvalue weighted by molar-refractivity contribution is -0.274. The number of fused-ring (bicyclic) bond motifs is 5. The molecule has 2 saturated heterocycles. The quantitative estimate of drug-likeness (QED) is 0.650. The molecule has 0 radical (unpaired) electrons. The topological polar surface area (TPSA) is 52.6 Å². The molecule has 2 heterocycles. The van der Waals surface area contributed by atoms with Crippen LogP contribution < -0.4 is 4.74 Å². The summed E-state index contributed by atoms with van der Waals surface area (Å²) in [5.41, 5.74) is 3.93. The van der Waals surface area contributed by atoms with E-state index in [0.717, 1.165) is 40.7 Å². The normalized spacial score (nSPS) is 29.5. The molecule has 0 N–H and O–H groups in total. The highest BCUT2D eigenvalue weighted by atomic mass is 19.4. The van der Waals surface area contributed by atoms with Crippen LogP contribution >= 0.6 is 0 Å². The van der Waals surface area contributed by atoms with E-state index >= 15 is 0 Å². The zero-order chi connectivity index (χ0) is 22.1. The molecule has 0 spiro atoms. The average Bonchev–Trinajstić information content (AvgIpc) is 3.36. The zero-order valence-electron chi connectivity index (χ0n) is 17.0. The summed E-state index contributed by atoms with van der Waals surface area (Å²) < 4.78 is 46.9. The van der Waals surface area contributed by atoms with Crippen LogP contribution in [-0.2, 0) is 14.3 Å². The van der Waals surface area contributed by atoms with Crippen LogP contribution in [0.2, 0.25) is 0 Å². The number of benzene rings is 2. The minimum atomic E-state index is -4.74. The second-order valence-corrected chi connectivity index (χ2v) is 8.68. The molecular formula is C24H21F3O4. The van der Waals surface area contributed by atoms with Gasteiger partial charge in [0.15, 0.2) is 11.6 Å². The van der Waals surface area contributed by atoms with Gasteiger partial charge in [-0.3, -0.25) is 9.59 Å². The number of ether oxygens (including phenoxy) is 2. The van der Waals surface area contributed by atoms with E-state index in [2.05, 4.69) is 4.74 Å². The van der Waals surface area contributed by atoms with E-state index in [1.165, 1.54) is 12.1 Å². The summed E-state index contributed by atoms with van der Waals surface area (Å²) in [6.07, 6.45) is -3.33. The van der Waals surface area contributed by atoms with Gasteiger partial charge in [0.05, 0.1) is 24.0 Å². The van der Waals surface area contributed by atoms with Crippen molar-refractivity contribution in [2.75, 3.05) is 0 Å². The number of rotatable bonds is 3. The molecule has 2 aromatic carbocycles. The minimum absolute atomic E-state index is 0.0326. The summed E-state index contributed by atoms with van der Waals surface area (Å²) in [5, 5.41) is 0. The van der Waals surface area contributed by atoms with Crippen molar-refractivity contribution in [3.63, 3.8) is 0 Å². The van der Waals surface area contributed by atoms with E-state index < -0.39 is 12.3 Å². The van der Waals surface area contributed by atoms with Crippen LogP contribution in [-0.4, -0.2) is 30.1 Å². The fourth-order valence-electron chi connectivity index (χ4n) is 5.66. The molecule has 2 aromatic rings. The Balaban J connectivity index is 1.45. The van der Waals surface area contributed by atoms with Gasteiger partial charge in [0.1, 0.15) is 11.7 Å². The van der Waals surface area contributed by atoms with E-state index in [9.17, 15) is 22.8 Å². The predicted molar refractivity (Wildman–Crippen MR) is 106 cm³/mol. The molecule has 1 unspecified atom stereocenters. The number of halogens is 3. The molecule has 4 nitrogen and oxygen atoms in total. The molecule has 3 aliphatic rings. The summed E-state index contributed by atoms with van der Waals surface area (Å²) in [6.45, 7) is 3.74. The Hall–Kier alpha value is -2.67. The van der Waals surface area contributed by atoms with Gasteiger partial charge < -0.3 is 9.47 Å². The fraction of sp³-hybridized carbons (Fsp3) is 0.417. The molecule has 162 valence electrons. The predicted octanol–water partition coefficient (Wildman–Crippen LogP) is 4.90. The van der Waals surface area contributed by atoms with Crippen molar-refractivity contribution in [1.82, 2.24) is 0 Å².